The van der Waals surface area contributed by atoms with E-state index in [1.54, 1.807) is 0 Å². The Kier molecular flexibility index (Phi) is 8.53. The molecule has 1 aromatic carbocycles. The Morgan fingerprint density at radius 1 is 1.18 bits per heavy atom. The molecule has 0 saturated carbocycles. The van der Waals surface area contributed by atoms with Crippen LogP contribution in [0, 0.1) is 11.8 Å². The lowest BCUT2D eigenvalue weighted by atomic mass is 9.89. The summed E-state index contributed by atoms with van der Waals surface area (Å²) < 4.78 is 11.0. The highest BCUT2D eigenvalue weighted by Crippen LogP contribution is 2.23. The third kappa shape index (κ3) is 6.34. The van der Waals surface area contributed by atoms with Gasteiger partial charge in [-0.25, -0.2) is 0 Å². The molecule has 3 unspecified atom stereocenters. The Morgan fingerprint density at radius 2 is 1.94 bits per heavy atom. The van der Waals surface area contributed by atoms with E-state index >= 15 is 0 Å². The van der Waals surface area contributed by atoms with Gasteiger partial charge in [-0.05, 0) is 63.0 Å². The molecule has 3 saturated heterocycles. The molecule has 34 heavy (non-hydrogen) atoms. The lowest BCUT2D eigenvalue weighted by molar-refractivity contribution is -0.135. The van der Waals surface area contributed by atoms with Crippen LogP contribution in [0.15, 0.2) is 24.3 Å². The van der Waals surface area contributed by atoms with Crippen molar-refractivity contribution in [3.05, 3.63) is 29.8 Å². The molecule has 9 nitrogen and oxygen atoms in total. The largest absolute Gasteiger partial charge is 0.494 e. The highest BCUT2D eigenvalue weighted by Gasteiger charge is 2.38. The van der Waals surface area contributed by atoms with Crippen LogP contribution in [0.3, 0.4) is 0 Å². The maximum absolute atomic E-state index is 12.9. The molecular weight excluding hydrogens is 436 g/mol. The zero-order valence-corrected chi connectivity index (χ0v) is 19.9. The number of ketones is 1. The first kappa shape index (κ1) is 24.6. The molecule has 3 aliphatic heterocycles. The summed E-state index contributed by atoms with van der Waals surface area (Å²) in [5.41, 5.74) is 0.717. The first-order valence-electron chi connectivity index (χ1n) is 12.4. The van der Waals surface area contributed by atoms with Crippen LogP contribution in [0.25, 0.3) is 0 Å². The number of nitrogens with one attached hydrogen (secondary N) is 3. The molecule has 0 radical (unpaired) electrons. The first-order chi connectivity index (χ1) is 16.5. The fraction of sp³-hybridized carbons (Fsp3) is 0.640. The number of fused-ring (bicyclic) bond motifs is 1. The molecule has 4 rings (SSSR count). The number of carbonyl (C=O) groups is 3. The molecule has 0 aromatic heterocycles. The predicted octanol–water partition coefficient (Wildman–Crippen LogP) is 0.937. The van der Waals surface area contributed by atoms with Crippen LogP contribution >= 0.6 is 0 Å². The van der Waals surface area contributed by atoms with Crippen LogP contribution in [-0.2, 0) is 14.3 Å². The number of hydrogen-bond donors (Lipinski definition) is 3. The number of piperidine rings is 1. The fourth-order valence-electron chi connectivity index (χ4n) is 4.88. The molecule has 3 heterocycles. The van der Waals surface area contributed by atoms with Gasteiger partial charge in [0.25, 0.3) is 0 Å². The first-order valence-corrected chi connectivity index (χ1v) is 12.4. The van der Waals surface area contributed by atoms with Crippen molar-refractivity contribution >= 4 is 17.6 Å². The summed E-state index contributed by atoms with van der Waals surface area (Å²) in [6.07, 6.45) is 2.96. The Hall–Kier alpha value is -2.49. The van der Waals surface area contributed by atoms with Crippen molar-refractivity contribution in [2.24, 2.45) is 11.8 Å². The summed E-state index contributed by atoms with van der Waals surface area (Å²) >= 11 is 0. The second-order valence-corrected chi connectivity index (χ2v) is 9.40. The minimum absolute atomic E-state index is 0.0161. The number of carbonyl (C=O) groups excluding carboxylic acids is 3. The molecule has 0 aliphatic carbocycles. The van der Waals surface area contributed by atoms with Crippen LogP contribution in [0.2, 0.25) is 0 Å². The number of hydrogen-bond acceptors (Lipinski definition) is 7. The van der Waals surface area contributed by atoms with Crippen molar-refractivity contribution < 1.29 is 23.9 Å². The monoisotopic (exact) mass is 472 g/mol. The highest BCUT2D eigenvalue weighted by atomic mass is 16.5. The number of likely N-dealkylation sites (tertiary alicyclic amines) is 1. The minimum atomic E-state index is -0.266. The van der Waals surface area contributed by atoms with Gasteiger partial charge in [0.05, 0.1) is 38.4 Å². The van der Waals surface area contributed by atoms with Crippen LogP contribution in [0.1, 0.15) is 43.0 Å². The summed E-state index contributed by atoms with van der Waals surface area (Å²) in [5, 5.41) is 9.25. The van der Waals surface area contributed by atoms with Gasteiger partial charge in [0, 0.05) is 24.1 Å². The zero-order valence-electron chi connectivity index (χ0n) is 19.9. The van der Waals surface area contributed by atoms with E-state index in [9.17, 15) is 14.4 Å². The van der Waals surface area contributed by atoms with E-state index in [2.05, 4.69) is 27.8 Å². The molecule has 3 aliphatic rings. The van der Waals surface area contributed by atoms with Gasteiger partial charge >= 0.3 is 0 Å². The van der Waals surface area contributed by atoms with Gasteiger partial charge in [-0.2, -0.15) is 0 Å². The van der Waals surface area contributed by atoms with E-state index in [0.29, 0.717) is 51.6 Å². The van der Waals surface area contributed by atoms with E-state index in [1.807, 2.05) is 24.3 Å². The van der Waals surface area contributed by atoms with E-state index in [1.165, 1.54) is 0 Å². The Bertz CT molecular complexity index is 853. The Morgan fingerprint density at radius 3 is 2.68 bits per heavy atom. The molecule has 186 valence electrons. The molecule has 3 atom stereocenters. The normalized spacial score (nSPS) is 25.8. The number of Topliss-reactive ketones (excluding diaryl/α,β-unsaturated/α-hetero) is 1. The van der Waals surface area contributed by atoms with Gasteiger partial charge < -0.3 is 20.1 Å². The average molecular weight is 473 g/mol. The fourth-order valence-corrected chi connectivity index (χ4v) is 4.88. The molecule has 1 aromatic rings. The van der Waals surface area contributed by atoms with Crippen molar-refractivity contribution in [3.63, 3.8) is 0 Å². The van der Waals surface area contributed by atoms with Gasteiger partial charge in [-0.1, -0.05) is 6.92 Å². The third-order valence-electron chi connectivity index (χ3n) is 6.87. The van der Waals surface area contributed by atoms with E-state index < -0.39 is 0 Å². The SMILES string of the molecule is CCCOc1ccc(C(=O)C2CCN(CC(=O)NCC3NC(=O)C4COCCC4N3)CC2)cc1. The van der Waals surface area contributed by atoms with Gasteiger partial charge in [0.15, 0.2) is 5.78 Å². The zero-order chi connectivity index (χ0) is 23.9. The summed E-state index contributed by atoms with van der Waals surface area (Å²) in [7, 11) is 0. The summed E-state index contributed by atoms with van der Waals surface area (Å²) in [6.45, 7) is 5.89. The maximum atomic E-state index is 12.9. The lowest BCUT2D eigenvalue weighted by Gasteiger charge is -2.40. The van der Waals surface area contributed by atoms with E-state index in [4.69, 9.17) is 9.47 Å². The third-order valence-corrected chi connectivity index (χ3v) is 6.87. The number of ether oxygens (including phenoxy) is 2. The van der Waals surface area contributed by atoms with Crippen molar-refractivity contribution in [2.45, 2.75) is 44.8 Å². The second-order valence-electron chi connectivity index (χ2n) is 9.40. The minimum Gasteiger partial charge on any atom is -0.494 e. The van der Waals surface area contributed by atoms with Crippen LogP contribution in [-0.4, -0.2) is 80.7 Å². The topological polar surface area (TPSA) is 109 Å². The Labute approximate surface area is 200 Å². The summed E-state index contributed by atoms with van der Waals surface area (Å²) in [6, 6.07) is 7.49. The van der Waals surface area contributed by atoms with Crippen molar-refractivity contribution in [1.29, 1.82) is 0 Å². The smallest absolute Gasteiger partial charge is 0.234 e. The average Bonchev–Trinajstić information content (AvgIpc) is 2.87. The van der Waals surface area contributed by atoms with E-state index in [-0.39, 0.29) is 41.6 Å². The summed E-state index contributed by atoms with van der Waals surface area (Å²) in [4.78, 5) is 39.7. The molecule has 3 fully saturated rings. The lowest BCUT2D eigenvalue weighted by Crippen LogP contribution is -2.66. The molecule has 3 N–H and O–H groups in total. The van der Waals surface area contributed by atoms with Gasteiger partial charge in [0.1, 0.15) is 5.75 Å². The molecular formula is C25H36N4O5. The van der Waals surface area contributed by atoms with Crippen molar-refractivity contribution in [3.8, 4) is 5.75 Å². The molecule has 0 spiro atoms. The maximum Gasteiger partial charge on any atom is 0.234 e. The van der Waals surface area contributed by atoms with Crippen LogP contribution in [0.4, 0.5) is 0 Å². The standard InChI is InChI=1S/C25H36N4O5/c1-2-12-34-19-5-3-17(4-6-19)24(31)18-7-10-29(11-8-18)15-23(30)26-14-22-27-21-9-13-33-16-20(21)25(32)28-22/h3-6,18,20-22,27H,2,7-16H2,1H3,(H,26,30)(H,28,32). The molecule has 0 bridgehead atoms. The number of amides is 2. The Balaban J connectivity index is 1.16. The van der Waals surface area contributed by atoms with Crippen molar-refractivity contribution in [1.82, 2.24) is 20.9 Å². The second kappa shape index (κ2) is 11.8. The molecule has 9 heteroatoms. The van der Waals surface area contributed by atoms with Gasteiger partial charge in [-0.3, -0.25) is 24.6 Å². The summed E-state index contributed by atoms with van der Waals surface area (Å²) in [5.74, 6) is 0.689. The number of nitrogens with zero attached hydrogens (tertiary/aromatic N) is 1. The van der Waals surface area contributed by atoms with Gasteiger partial charge in [0.2, 0.25) is 11.8 Å². The predicted molar refractivity (Wildman–Crippen MR) is 127 cm³/mol. The number of benzene rings is 1. The quantitative estimate of drug-likeness (QED) is 0.459. The molecule has 2 amide bonds. The number of rotatable bonds is 9. The van der Waals surface area contributed by atoms with Crippen LogP contribution < -0.4 is 20.7 Å². The highest BCUT2D eigenvalue weighted by molar-refractivity contribution is 5.98. The van der Waals surface area contributed by atoms with Crippen molar-refractivity contribution in [2.75, 3.05) is 46.0 Å². The van der Waals surface area contributed by atoms with Crippen LogP contribution in [0.5, 0.6) is 5.75 Å². The van der Waals surface area contributed by atoms with E-state index in [0.717, 1.165) is 31.4 Å². The van der Waals surface area contributed by atoms with Gasteiger partial charge in [-0.15, -0.1) is 0 Å².